The van der Waals surface area contributed by atoms with Gasteiger partial charge in [-0.25, -0.2) is 0 Å². The molecular weight excluding hydrogens is 312 g/mol. The highest BCUT2D eigenvalue weighted by molar-refractivity contribution is 7.98. The van der Waals surface area contributed by atoms with Crippen molar-refractivity contribution in [1.82, 2.24) is 5.32 Å². The molecule has 6 heteroatoms. The number of carbonyl (C=O) groups excluding carboxylic acids is 1. The first-order valence-corrected chi connectivity index (χ1v) is 8.86. The normalized spacial score (nSPS) is 12.6. The Morgan fingerprint density at radius 2 is 2.30 bits per heavy atom. The van der Waals surface area contributed by atoms with E-state index in [1.807, 2.05) is 12.1 Å². The minimum atomic E-state index is -0.104. The average Bonchev–Trinajstić information content (AvgIpc) is 2.74. The fourth-order valence-corrected chi connectivity index (χ4v) is 3.83. The van der Waals surface area contributed by atoms with Crippen LogP contribution >= 0.6 is 34.7 Å². The lowest BCUT2D eigenvalue weighted by Crippen LogP contribution is -2.28. The Morgan fingerprint density at radius 3 is 3.00 bits per heavy atom. The number of rotatable bonds is 5. The molecule has 1 aromatic carbocycles. The van der Waals surface area contributed by atoms with Crippen molar-refractivity contribution < 1.29 is 4.79 Å². The highest BCUT2D eigenvalue weighted by Gasteiger charge is 2.16. The number of carbonyl (C=O) groups is 1. The summed E-state index contributed by atoms with van der Waals surface area (Å²) in [5, 5.41) is 4.42. The molecule has 1 amide bonds. The van der Waals surface area contributed by atoms with Gasteiger partial charge in [0.25, 0.3) is 5.91 Å². The first-order chi connectivity index (χ1) is 9.52. The molecule has 2 aromatic rings. The van der Waals surface area contributed by atoms with E-state index in [1.165, 1.54) is 11.3 Å². The van der Waals surface area contributed by atoms with E-state index in [-0.39, 0.29) is 5.91 Å². The van der Waals surface area contributed by atoms with E-state index in [2.05, 4.69) is 18.5 Å². The smallest absolute Gasteiger partial charge is 0.263 e. The highest BCUT2D eigenvalue weighted by atomic mass is 35.5. The van der Waals surface area contributed by atoms with Gasteiger partial charge in [-0.1, -0.05) is 18.5 Å². The molecule has 20 heavy (non-hydrogen) atoms. The summed E-state index contributed by atoms with van der Waals surface area (Å²) in [6, 6.07) is 5.50. The van der Waals surface area contributed by atoms with Gasteiger partial charge in [-0.2, -0.15) is 11.8 Å². The maximum absolute atomic E-state index is 12.2. The number of benzene rings is 1. The van der Waals surface area contributed by atoms with Gasteiger partial charge in [-0.3, -0.25) is 4.79 Å². The molecule has 108 valence electrons. The molecule has 2 rings (SSSR count). The first-order valence-electron chi connectivity index (χ1n) is 6.27. The maximum atomic E-state index is 12.2. The van der Waals surface area contributed by atoms with Crippen LogP contribution in [0.3, 0.4) is 0 Å². The number of fused-ring (bicyclic) bond motifs is 1. The van der Waals surface area contributed by atoms with Crippen LogP contribution in [0.25, 0.3) is 10.1 Å². The summed E-state index contributed by atoms with van der Waals surface area (Å²) in [7, 11) is 0. The molecule has 1 aromatic heterocycles. The van der Waals surface area contributed by atoms with Gasteiger partial charge in [0.05, 0.1) is 5.69 Å². The van der Waals surface area contributed by atoms with E-state index in [0.717, 1.165) is 15.8 Å². The Kier molecular flexibility index (Phi) is 5.18. The van der Waals surface area contributed by atoms with Crippen LogP contribution in [-0.2, 0) is 0 Å². The van der Waals surface area contributed by atoms with Crippen LogP contribution in [-0.4, -0.2) is 24.5 Å². The Hall–Kier alpha value is -0.910. The first kappa shape index (κ1) is 15.5. The van der Waals surface area contributed by atoms with Crippen molar-refractivity contribution in [2.75, 3.05) is 24.3 Å². The zero-order chi connectivity index (χ0) is 14.7. The van der Waals surface area contributed by atoms with Crippen LogP contribution in [0.15, 0.2) is 18.2 Å². The minimum Gasteiger partial charge on any atom is -0.397 e. The summed E-state index contributed by atoms with van der Waals surface area (Å²) in [5.74, 6) is 1.37. The van der Waals surface area contributed by atoms with Gasteiger partial charge in [-0.15, -0.1) is 11.3 Å². The third kappa shape index (κ3) is 3.40. The largest absolute Gasteiger partial charge is 0.397 e. The third-order valence-electron chi connectivity index (χ3n) is 2.96. The van der Waals surface area contributed by atoms with Crippen molar-refractivity contribution >= 4 is 56.4 Å². The van der Waals surface area contributed by atoms with Crippen molar-refractivity contribution in [3.63, 3.8) is 0 Å². The number of nitrogen functional groups attached to an aromatic ring is 1. The number of halogens is 1. The van der Waals surface area contributed by atoms with Gasteiger partial charge >= 0.3 is 0 Å². The molecule has 1 atom stereocenters. The number of hydrogen-bond acceptors (Lipinski definition) is 4. The van der Waals surface area contributed by atoms with Crippen LogP contribution in [0.5, 0.6) is 0 Å². The summed E-state index contributed by atoms with van der Waals surface area (Å²) >= 11 is 9.15. The lowest BCUT2D eigenvalue weighted by atomic mass is 10.2. The summed E-state index contributed by atoms with van der Waals surface area (Å²) in [6.07, 6.45) is 2.06. The number of amides is 1. The number of nitrogens with two attached hydrogens (primary N) is 1. The second-order valence-corrected chi connectivity index (χ2v) is 7.16. The lowest BCUT2D eigenvalue weighted by molar-refractivity contribution is 0.0954. The minimum absolute atomic E-state index is 0.104. The van der Waals surface area contributed by atoms with E-state index < -0.39 is 0 Å². The Balaban J connectivity index is 2.16. The summed E-state index contributed by atoms with van der Waals surface area (Å²) in [5.41, 5.74) is 6.58. The van der Waals surface area contributed by atoms with Crippen molar-refractivity contribution in [3.8, 4) is 0 Å². The molecule has 1 heterocycles. The van der Waals surface area contributed by atoms with Gasteiger partial charge in [0.1, 0.15) is 4.88 Å². The summed E-state index contributed by atoms with van der Waals surface area (Å²) in [4.78, 5) is 12.8. The fourth-order valence-electron chi connectivity index (χ4n) is 1.95. The van der Waals surface area contributed by atoms with Crippen molar-refractivity contribution in [2.24, 2.45) is 5.92 Å². The van der Waals surface area contributed by atoms with Crippen molar-refractivity contribution in [3.05, 3.63) is 28.1 Å². The number of thioether (sulfide) groups is 1. The van der Waals surface area contributed by atoms with Gasteiger partial charge in [0, 0.05) is 21.7 Å². The molecular formula is C14H17ClN2OS2. The number of nitrogens with one attached hydrogen (secondary N) is 1. The van der Waals surface area contributed by atoms with Crippen LogP contribution in [0, 0.1) is 5.92 Å². The molecule has 3 N–H and O–H groups in total. The lowest BCUT2D eigenvalue weighted by Gasteiger charge is -2.10. The molecule has 3 nitrogen and oxygen atoms in total. The average molecular weight is 329 g/mol. The number of hydrogen-bond donors (Lipinski definition) is 2. The Bertz CT molecular complexity index is 627. The van der Waals surface area contributed by atoms with Gasteiger partial charge in [-0.05, 0) is 36.1 Å². The monoisotopic (exact) mass is 328 g/mol. The van der Waals surface area contributed by atoms with E-state index in [9.17, 15) is 4.79 Å². The van der Waals surface area contributed by atoms with Crippen LogP contribution in [0.4, 0.5) is 5.69 Å². The summed E-state index contributed by atoms with van der Waals surface area (Å²) in [6.45, 7) is 2.78. The Morgan fingerprint density at radius 1 is 1.55 bits per heavy atom. The molecule has 0 fully saturated rings. The highest BCUT2D eigenvalue weighted by Crippen LogP contribution is 2.35. The molecule has 0 saturated heterocycles. The quantitative estimate of drug-likeness (QED) is 0.876. The second-order valence-electron chi connectivity index (χ2n) is 4.76. The van der Waals surface area contributed by atoms with Crippen molar-refractivity contribution in [1.29, 1.82) is 0 Å². The van der Waals surface area contributed by atoms with Crippen LogP contribution in [0.1, 0.15) is 16.6 Å². The molecule has 0 bridgehead atoms. The summed E-state index contributed by atoms with van der Waals surface area (Å²) < 4.78 is 0.981. The maximum Gasteiger partial charge on any atom is 0.263 e. The van der Waals surface area contributed by atoms with E-state index >= 15 is 0 Å². The SMILES string of the molecule is CSCC(C)CNC(=O)c1sc2ccc(Cl)cc2c1N. The topological polar surface area (TPSA) is 55.1 Å². The van der Waals surface area contributed by atoms with Gasteiger partial charge < -0.3 is 11.1 Å². The number of thiophene rings is 1. The fraction of sp³-hybridized carbons (Fsp3) is 0.357. The zero-order valence-corrected chi connectivity index (χ0v) is 13.8. The predicted octanol–water partition coefficient (Wildman–Crippen LogP) is 3.87. The molecule has 0 aliphatic heterocycles. The standard InChI is InChI=1S/C14H17ClN2OS2/c1-8(7-19-2)6-17-14(18)13-12(16)10-5-9(15)3-4-11(10)20-13/h3-5,8H,6-7,16H2,1-2H3,(H,17,18). The van der Waals surface area contributed by atoms with E-state index in [4.69, 9.17) is 17.3 Å². The molecule has 0 aliphatic carbocycles. The zero-order valence-electron chi connectivity index (χ0n) is 11.4. The van der Waals surface area contributed by atoms with Crippen LogP contribution in [0.2, 0.25) is 5.02 Å². The molecule has 0 radical (unpaired) electrons. The van der Waals surface area contributed by atoms with Crippen molar-refractivity contribution in [2.45, 2.75) is 6.92 Å². The van der Waals surface area contributed by atoms with E-state index in [1.54, 1.807) is 17.8 Å². The molecule has 0 spiro atoms. The molecule has 0 aliphatic rings. The second kappa shape index (κ2) is 6.70. The predicted molar refractivity (Wildman–Crippen MR) is 91.1 cm³/mol. The molecule has 0 saturated carbocycles. The third-order valence-corrected chi connectivity index (χ3v) is 5.28. The van der Waals surface area contributed by atoms with Crippen LogP contribution < -0.4 is 11.1 Å². The Labute approximate surface area is 131 Å². The van der Waals surface area contributed by atoms with Gasteiger partial charge in [0.2, 0.25) is 0 Å². The molecule has 1 unspecified atom stereocenters. The number of anilines is 1. The van der Waals surface area contributed by atoms with Gasteiger partial charge in [0.15, 0.2) is 0 Å². The van der Waals surface area contributed by atoms with E-state index in [0.29, 0.717) is 28.0 Å².